The van der Waals surface area contributed by atoms with Gasteiger partial charge in [0.25, 0.3) is 0 Å². The van der Waals surface area contributed by atoms with Crippen LogP contribution in [0.4, 0.5) is 17.6 Å². The van der Waals surface area contributed by atoms with Gasteiger partial charge in [0, 0.05) is 63.5 Å². The maximum atomic E-state index is 13.1. The Labute approximate surface area is 208 Å². The molecule has 0 atom stereocenters. The fourth-order valence-electron chi connectivity index (χ4n) is 2.34. The van der Waals surface area contributed by atoms with E-state index < -0.39 is 23.3 Å². The first-order valence-electron chi connectivity index (χ1n) is 9.09. The summed E-state index contributed by atoms with van der Waals surface area (Å²) < 4.78 is 60.6. The van der Waals surface area contributed by atoms with E-state index in [1.54, 1.807) is 0 Å². The van der Waals surface area contributed by atoms with Crippen LogP contribution in [0.15, 0.2) is 24.3 Å². The number of ether oxygens (including phenoxy) is 2. The van der Waals surface area contributed by atoms with Gasteiger partial charge in [-0.15, -0.1) is 24.3 Å². The summed E-state index contributed by atoms with van der Waals surface area (Å²) in [5.41, 5.74) is -0.236. The first-order chi connectivity index (χ1) is 14.3. The molecule has 2 aromatic rings. The minimum absolute atomic E-state index is 0. The third kappa shape index (κ3) is 13.4. The molecule has 0 fully saturated rings. The minimum atomic E-state index is -0.933. The molecule has 4 nitrogen and oxygen atoms in total. The molecule has 0 saturated heterocycles. The first kappa shape index (κ1) is 35.7. The van der Waals surface area contributed by atoms with Crippen molar-refractivity contribution in [2.24, 2.45) is 0 Å². The van der Waals surface area contributed by atoms with Crippen LogP contribution >= 0.6 is 0 Å². The average Bonchev–Trinajstić information content (AvgIpc) is 2.68. The van der Waals surface area contributed by atoms with E-state index in [9.17, 15) is 27.2 Å². The summed E-state index contributed by atoms with van der Waals surface area (Å²) in [7, 11) is 3.05. The Bertz CT molecular complexity index is 778. The van der Waals surface area contributed by atoms with Crippen LogP contribution in [0, 0.1) is 50.3 Å². The van der Waals surface area contributed by atoms with Crippen LogP contribution in [0.5, 0.6) is 0 Å². The number of halogens is 4. The van der Waals surface area contributed by atoms with E-state index in [4.69, 9.17) is 9.47 Å². The Kier molecular flexibility index (Phi) is 21.2. The van der Waals surface area contributed by atoms with Gasteiger partial charge in [0.15, 0.2) is 0 Å². The summed E-state index contributed by atoms with van der Waals surface area (Å²) in [6.07, 6.45) is 1.41. The summed E-state index contributed by atoms with van der Waals surface area (Å²) >= 11 is 0. The number of rotatable bonds is 10. The zero-order valence-electron chi connectivity index (χ0n) is 19.2. The molecule has 33 heavy (non-hydrogen) atoms. The zero-order chi connectivity index (χ0) is 22.5. The maximum absolute atomic E-state index is 13.1. The van der Waals surface area contributed by atoms with Crippen molar-refractivity contribution in [1.29, 1.82) is 0 Å². The molecule has 0 N–H and O–H groups in total. The van der Waals surface area contributed by atoms with Crippen LogP contribution in [0.25, 0.3) is 0 Å². The van der Waals surface area contributed by atoms with Crippen LogP contribution in [0.1, 0.15) is 46.4 Å². The van der Waals surface area contributed by atoms with E-state index in [0.29, 0.717) is 26.1 Å². The van der Waals surface area contributed by atoms with Crippen molar-refractivity contribution >= 4 is 11.6 Å². The standard InChI is InChI=1S/2C11H11F2O2.2CH3.Ti/c2*1-15-6-2-3-11(14)9-5-4-8(12)7-10(9)13;;;/h2*4-5H,2-3,6H2,1H3;2*1H3;/q4*-1;+4. The average molecular weight is 504 g/mol. The molecule has 0 heterocycles. The van der Waals surface area contributed by atoms with Crippen molar-refractivity contribution in [2.45, 2.75) is 25.7 Å². The van der Waals surface area contributed by atoms with Crippen LogP contribution in [-0.2, 0) is 31.2 Å². The predicted molar refractivity (Wildman–Crippen MR) is 114 cm³/mol. The molecule has 9 heteroatoms. The quantitative estimate of drug-likeness (QED) is 0.138. The number of hydrogen-bond donors (Lipinski definition) is 0. The van der Waals surface area contributed by atoms with Crippen molar-refractivity contribution < 1.29 is 58.3 Å². The topological polar surface area (TPSA) is 52.6 Å². The molecule has 2 aromatic carbocycles. The molecule has 0 bridgehead atoms. The van der Waals surface area contributed by atoms with Gasteiger partial charge in [0.2, 0.25) is 0 Å². The fourth-order valence-corrected chi connectivity index (χ4v) is 2.34. The van der Waals surface area contributed by atoms with Crippen molar-refractivity contribution in [3.63, 3.8) is 0 Å². The first-order valence-corrected chi connectivity index (χ1v) is 9.09. The van der Waals surface area contributed by atoms with E-state index in [0.717, 1.165) is 24.3 Å². The third-order valence-electron chi connectivity index (χ3n) is 3.83. The summed E-state index contributed by atoms with van der Waals surface area (Å²) in [6, 6.07) is 7.96. The van der Waals surface area contributed by atoms with Crippen LogP contribution < -0.4 is 0 Å². The van der Waals surface area contributed by atoms with Gasteiger partial charge in [-0.05, 0) is 12.8 Å². The van der Waals surface area contributed by atoms with Gasteiger partial charge in [-0.2, -0.15) is 12.1 Å². The number of hydrogen-bond acceptors (Lipinski definition) is 4. The molecule has 180 valence electrons. The number of ketones is 2. The molecule has 0 aliphatic rings. The molecular formula is C24H28F4O4Ti. The third-order valence-corrected chi connectivity index (χ3v) is 3.83. The Morgan fingerprint density at radius 2 is 1.06 bits per heavy atom. The Balaban J connectivity index is -0.000000500. The normalized spacial score (nSPS) is 9.39. The van der Waals surface area contributed by atoms with Gasteiger partial charge in [0.1, 0.15) is 11.6 Å². The van der Waals surface area contributed by atoms with Gasteiger partial charge in [-0.25, -0.2) is 17.6 Å². The Hall–Kier alpha value is -1.87. The summed E-state index contributed by atoms with van der Waals surface area (Å²) in [4.78, 5) is 22.8. The van der Waals surface area contributed by atoms with Gasteiger partial charge in [-0.3, -0.25) is 0 Å². The number of benzene rings is 2. The van der Waals surface area contributed by atoms with Gasteiger partial charge in [-0.1, -0.05) is 11.1 Å². The van der Waals surface area contributed by atoms with Crippen molar-refractivity contribution in [3.05, 3.63) is 85.6 Å². The number of carbonyl (C=O) groups is 2. The summed E-state index contributed by atoms with van der Waals surface area (Å²) in [5.74, 6) is -4.20. The largest absolute Gasteiger partial charge is 4.00 e. The van der Waals surface area contributed by atoms with Gasteiger partial charge in [0.05, 0.1) is 0 Å². The fraction of sp³-hybridized carbons (Fsp3) is 0.333. The molecule has 0 aliphatic heterocycles. The zero-order valence-corrected chi connectivity index (χ0v) is 20.8. The molecule has 2 rings (SSSR count). The van der Waals surface area contributed by atoms with Crippen molar-refractivity contribution in [3.8, 4) is 0 Å². The van der Waals surface area contributed by atoms with Crippen molar-refractivity contribution in [2.75, 3.05) is 27.4 Å². The molecular weight excluding hydrogens is 476 g/mol. The Morgan fingerprint density at radius 1 is 0.727 bits per heavy atom. The van der Waals surface area contributed by atoms with E-state index in [1.165, 1.54) is 14.2 Å². The van der Waals surface area contributed by atoms with E-state index in [2.05, 4.69) is 0 Å². The Morgan fingerprint density at radius 3 is 1.33 bits per heavy atom. The second-order valence-electron chi connectivity index (χ2n) is 6.11. The van der Waals surface area contributed by atoms with Gasteiger partial charge < -0.3 is 33.9 Å². The SMILES string of the molecule is COCCCC(=O)c1ccc(F)[c-]c1F.COCCCC(=O)c1ccc(F)[c-]c1F.[CH3-].[CH3-].[Ti+4]. The molecule has 0 aromatic heterocycles. The molecule has 0 unspecified atom stereocenters. The molecule has 0 aliphatic carbocycles. The monoisotopic (exact) mass is 504 g/mol. The summed E-state index contributed by atoms with van der Waals surface area (Å²) in [5, 5.41) is 0. The predicted octanol–water partition coefficient (Wildman–Crippen LogP) is 5.65. The smallest absolute Gasteiger partial charge is 0.385 e. The number of Topliss-reactive ketones (excluding diaryl/α,β-unsaturated/α-hetero) is 2. The van der Waals surface area contributed by atoms with Crippen LogP contribution in [0.2, 0.25) is 0 Å². The number of carbonyl (C=O) groups excluding carboxylic acids is 2. The molecule has 0 saturated carbocycles. The number of methoxy groups -OCH3 is 2. The second-order valence-corrected chi connectivity index (χ2v) is 6.11. The van der Waals surface area contributed by atoms with E-state index >= 15 is 0 Å². The van der Waals surface area contributed by atoms with Crippen LogP contribution in [0.3, 0.4) is 0 Å². The van der Waals surface area contributed by atoms with Crippen molar-refractivity contribution in [1.82, 2.24) is 0 Å². The molecule has 0 spiro atoms. The van der Waals surface area contributed by atoms with Crippen LogP contribution in [-0.4, -0.2) is 39.0 Å². The van der Waals surface area contributed by atoms with E-state index in [-0.39, 0.29) is 72.1 Å². The minimum Gasteiger partial charge on any atom is -0.385 e. The van der Waals surface area contributed by atoms with Gasteiger partial charge >= 0.3 is 21.7 Å². The maximum Gasteiger partial charge on any atom is 4.00 e. The molecule has 0 amide bonds. The summed E-state index contributed by atoms with van der Waals surface area (Å²) in [6.45, 7) is 0.885. The van der Waals surface area contributed by atoms with E-state index in [1.807, 2.05) is 12.1 Å². The second kappa shape index (κ2) is 19.6. The molecule has 0 radical (unpaired) electrons.